The Hall–Kier alpha value is -1.55. The number of amides is 1. The second kappa shape index (κ2) is 7.63. The van der Waals surface area contributed by atoms with Gasteiger partial charge in [0.2, 0.25) is 5.91 Å². The van der Waals surface area contributed by atoms with Crippen LogP contribution in [0.5, 0.6) is 0 Å². The Morgan fingerprint density at radius 2 is 1.77 bits per heavy atom. The number of carbonyl (C=O) groups excluding carboxylic acids is 1. The van der Waals surface area contributed by atoms with E-state index >= 15 is 0 Å². The molecule has 1 aromatic carbocycles. The molecule has 1 amide bonds. The molecule has 1 aliphatic carbocycles. The molecule has 3 rings (SSSR count). The summed E-state index contributed by atoms with van der Waals surface area (Å²) in [4.78, 5) is 15.0. The summed E-state index contributed by atoms with van der Waals surface area (Å²) < 4.78 is 5.38. The van der Waals surface area contributed by atoms with Gasteiger partial charge in [-0.25, -0.2) is 0 Å². The van der Waals surface area contributed by atoms with Gasteiger partial charge in [0.1, 0.15) is 6.04 Å². The van der Waals surface area contributed by atoms with Crippen molar-refractivity contribution in [3.8, 4) is 0 Å². The Morgan fingerprint density at radius 3 is 2.45 bits per heavy atom. The largest absolute Gasteiger partial charge is 0.378 e. The van der Waals surface area contributed by atoms with Crippen LogP contribution in [0, 0.1) is 5.92 Å². The van der Waals surface area contributed by atoms with Crippen LogP contribution in [0.25, 0.3) is 0 Å². The van der Waals surface area contributed by atoms with Crippen molar-refractivity contribution in [1.29, 1.82) is 0 Å². The van der Waals surface area contributed by atoms with Gasteiger partial charge < -0.3 is 15.0 Å². The highest BCUT2D eigenvalue weighted by atomic mass is 16.5. The number of hydrogen-bond acceptors (Lipinski definition) is 3. The molecule has 1 unspecified atom stereocenters. The molecule has 4 heteroatoms. The van der Waals surface area contributed by atoms with E-state index in [-0.39, 0.29) is 11.9 Å². The smallest absolute Gasteiger partial charge is 0.245 e. The molecule has 1 saturated heterocycles. The summed E-state index contributed by atoms with van der Waals surface area (Å²) >= 11 is 0. The molecule has 4 nitrogen and oxygen atoms in total. The van der Waals surface area contributed by atoms with Crippen LogP contribution in [0.3, 0.4) is 0 Å². The van der Waals surface area contributed by atoms with E-state index in [1.165, 1.54) is 19.3 Å². The van der Waals surface area contributed by atoms with Crippen molar-refractivity contribution in [3.63, 3.8) is 0 Å². The summed E-state index contributed by atoms with van der Waals surface area (Å²) in [5, 5.41) is 3.51. The van der Waals surface area contributed by atoms with Crippen LogP contribution in [-0.2, 0) is 9.53 Å². The summed E-state index contributed by atoms with van der Waals surface area (Å²) in [6.07, 6.45) is 6.10. The van der Waals surface area contributed by atoms with Gasteiger partial charge in [0.05, 0.1) is 13.2 Å². The minimum Gasteiger partial charge on any atom is -0.378 e. The first-order valence-electron chi connectivity index (χ1n) is 8.53. The van der Waals surface area contributed by atoms with Crippen LogP contribution < -0.4 is 5.32 Å². The normalized spacial score (nSPS) is 21.4. The fourth-order valence-corrected chi connectivity index (χ4v) is 3.54. The summed E-state index contributed by atoms with van der Waals surface area (Å²) in [6.45, 7) is 2.76. The van der Waals surface area contributed by atoms with Crippen molar-refractivity contribution in [3.05, 3.63) is 30.3 Å². The standard InChI is InChI=1S/C18H26N2O2/c21-18(20-11-13-22-14-12-20)17(15-7-3-1-4-8-15)19-16-9-5-2-6-10-16/h2,5-6,9-10,15,17,19H,1,3-4,7-8,11-14H2. The average molecular weight is 302 g/mol. The van der Waals surface area contributed by atoms with Gasteiger partial charge in [0.15, 0.2) is 0 Å². The number of hydrogen-bond donors (Lipinski definition) is 1. The van der Waals surface area contributed by atoms with Crippen molar-refractivity contribution in [2.75, 3.05) is 31.6 Å². The third-order valence-electron chi connectivity index (χ3n) is 4.81. The first kappa shape index (κ1) is 15.3. The molecule has 1 aliphatic heterocycles. The maximum atomic E-state index is 13.0. The number of nitrogens with one attached hydrogen (secondary N) is 1. The molecule has 1 saturated carbocycles. The van der Waals surface area contributed by atoms with Gasteiger partial charge in [-0.2, -0.15) is 0 Å². The van der Waals surface area contributed by atoms with E-state index in [9.17, 15) is 4.79 Å². The van der Waals surface area contributed by atoms with Crippen LogP contribution in [0.1, 0.15) is 32.1 Å². The second-order valence-electron chi connectivity index (χ2n) is 6.32. The zero-order valence-corrected chi connectivity index (χ0v) is 13.2. The minimum absolute atomic E-state index is 0.0965. The number of morpholine rings is 1. The van der Waals surface area contributed by atoms with E-state index in [0.29, 0.717) is 19.1 Å². The van der Waals surface area contributed by atoms with E-state index in [4.69, 9.17) is 4.74 Å². The van der Waals surface area contributed by atoms with E-state index in [0.717, 1.165) is 31.6 Å². The number of rotatable bonds is 4. The van der Waals surface area contributed by atoms with Gasteiger partial charge in [-0.1, -0.05) is 37.5 Å². The van der Waals surface area contributed by atoms with Gasteiger partial charge in [-0.15, -0.1) is 0 Å². The van der Waals surface area contributed by atoms with Crippen molar-refractivity contribution in [1.82, 2.24) is 4.90 Å². The minimum atomic E-state index is -0.0965. The lowest BCUT2D eigenvalue weighted by Gasteiger charge is -2.36. The van der Waals surface area contributed by atoms with Crippen molar-refractivity contribution in [2.24, 2.45) is 5.92 Å². The molecule has 2 aliphatic rings. The summed E-state index contributed by atoms with van der Waals surface area (Å²) in [7, 11) is 0. The van der Waals surface area contributed by atoms with Crippen LogP contribution in [0.2, 0.25) is 0 Å². The molecule has 1 atom stereocenters. The van der Waals surface area contributed by atoms with Gasteiger partial charge in [-0.3, -0.25) is 4.79 Å². The fourth-order valence-electron chi connectivity index (χ4n) is 3.54. The van der Waals surface area contributed by atoms with Gasteiger partial charge in [0.25, 0.3) is 0 Å². The highest BCUT2D eigenvalue weighted by Gasteiger charge is 2.33. The van der Waals surface area contributed by atoms with Crippen molar-refractivity contribution in [2.45, 2.75) is 38.1 Å². The first-order chi connectivity index (χ1) is 10.8. The molecular formula is C18H26N2O2. The zero-order chi connectivity index (χ0) is 15.2. The lowest BCUT2D eigenvalue weighted by Crippen LogP contribution is -2.51. The molecule has 2 fully saturated rings. The summed E-state index contributed by atoms with van der Waals surface area (Å²) in [5.41, 5.74) is 1.04. The lowest BCUT2D eigenvalue weighted by atomic mass is 9.83. The van der Waals surface area contributed by atoms with Gasteiger partial charge in [-0.05, 0) is 30.9 Å². The number of anilines is 1. The molecule has 1 aromatic rings. The average Bonchev–Trinajstić information content (AvgIpc) is 2.61. The van der Waals surface area contributed by atoms with Gasteiger partial charge >= 0.3 is 0 Å². The first-order valence-corrected chi connectivity index (χ1v) is 8.53. The highest BCUT2D eigenvalue weighted by molar-refractivity contribution is 5.85. The van der Waals surface area contributed by atoms with E-state index in [1.54, 1.807) is 0 Å². The predicted octanol–water partition coefficient (Wildman–Crippen LogP) is 2.91. The second-order valence-corrected chi connectivity index (χ2v) is 6.32. The molecule has 0 bridgehead atoms. The predicted molar refractivity (Wildman–Crippen MR) is 87.8 cm³/mol. The summed E-state index contributed by atoms with van der Waals surface area (Å²) in [5.74, 6) is 0.698. The van der Waals surface area contributed by atoms with Gasteiger partial charge in [0, 0.05) is 18.8 Å². The fraction of sp³-hybridized carbons (Fsp3) is 0.611. The van der Waals surface area contributed by atoms with Crippen LogP contribution in [0.15, 0.2) is 30.3 Å². The topological polar surface area (TPSA) is 41.6 Å². The monoisotopic (exact) mass is 302 g/mol. The SMILES string of the molecule is O=C(C(Nc1ccccc1)C1CCCCC1)N1CCOCC1. The Bertz CT molecular complexity index is 465. The third kappa shape index (κ3) is 3.80. The molecule has 1 heterocycles. The van der Waals surface area contributed by atoms with Crippen molar-refractivity contribution >= 4 is 11.6 Å². The molecule has 0 radical (unpaired) electrons. The van der Waals surface area contributed by atoms with Crippen LogP contribution in [-0.4, -0.2) is 43.2 Å². The molecular weight excluding hydrogens is 276 g/mol. The molecule has 1 N–H and O–H groups in total. The number of para-hydroxylation sites is 1. The molecule has 120 valence electrons. The van der Waals surface area contributed by atoms with Crippen molar-refractivity contribution < 1.29 is 9.53 Å². The Labute approximate surface area is 132 Å². The van der Waals surface area contributed by atoms with Crippen LogP contribution >= 0.6 is 0 Å². The third-order valence-corrected chi connectivity index (χ3v) is 4.81. The highest BCUT2D eigenvalue weighted by Crippen LogP contribution is 2.29. The number of ether oxygens (including phenoxy) is 1. The number of benzene rings is 1. The maximum Gasteiger partial charge on any atom is 0.245 e. The Balaban J connectivity index is 1.73. The number of nitrogens with zero attached hydrogens (tertiary/aromatic N) is 1. The van der Waals surface area contributed by atoms with Crippen LogP contribution in [0.4, 0.5) is 5.69 Å². The zero-order valence-electron chi connectivity index (χ0n) is 13.2. The molecule has 0 aromatic heterocycles. The Kier molecular flexibility index (Phi) is 5.33. The van der Waals surface area contributed by atoms with E-state index in [1.807, 2.05) is 35.2 Å². The van der Waals surface area contributed by atoms with E-state index < -0.39 is 0 Å². The summed E-state index contributed by atoms with van der Waals surface area (Å²) in [6, 6.07) is 10.0. The van der Waals surface area contributed by atoms with E-state index in [2.05, 4.69) is 5.32 Å². The molecule has 0 spiro atoms. The maximum absolute atomic E-state index is 13.0. The quantitative estimate of drug-likeness (QED) is 0.930. The Morgan fingerprint density at radius 1 is 1.09 bits per heavy atom. The number of carbonyl (C=O) groups is 1. The molecule has 22 heavy (non-hydrogen) atoms. The lowest BCUT2D eigenvalue weighted by molar-refractivity contribution is -0.137.